The van der Waals surface area contributed by atoms with E-state index in [9.17, 15) is 4.79 Å². The van der Waals surface area contributed by atoms with Crippen molar-refractivity contribution in [3.8, 4) is 0 Å². The van der Waals surface area contributed by atoms with Gasteiger partial charge in [-0.05, 0) is 25.8 Å². The standard InChI is InChI=1S/C13H27N3O/c1-4-7-16-8-5-12(6-9-16)15(3)13(17)11(2)10-14/h11-12H,4-10,14H2,1-3H3. The molecular weight excluding hydrogens is 214 g/mol. The summed E-state index contributed by atoms with van der Waals surface area (Å²) in [7, 11) is 1.93. The molecule has 1 fully saturated rings. The lowest BCUT2D eigenvalue weighted by Gasteiger charge is -2.37. The van der Waals surface area contributed by atoms with E-state index in [0.29, 0.717) is 12.6 Å². The van der Waals surface area contributed by atoms with Crippen LogP contribution in [-0.2, 0) is 4.79 Å². The fraction of sp³-hybridized carbons (Fsp3) is 0.923. The summed E-state index contributed by atoms with van der Waals surface area (Å²) < 4.78 is 0. The van der Waals surface area contributed by atoms with E-state index in [4.69, 9.17) is 5.73 Å². The van der Waals surface area contributed by atoms with Gasteiger partial charge in [0.15, 0.2) is 0 Å². The summed E-state index contributed by atoms with van der Waals surface area (Å²) in [4.78, 5) is 16.4. The third-order valence-electron chi connectivity index (χ3n) is 3.77. The molecule has 4 nitrogen and oxygen atoms in total. The third kappa shape index (κ3) is 3.96. The highest BCUT2D eigenvalue weighted by Crippen LogP contribution is 2.17. The van der Waals surface area contributed by atoms with Crippen LogP contribution in [0.5, 0.6) is 0 Å². The van der Waals surface area contributed by atoms with Crippen molar-refractivity contribution in [3.63, 3.8) is 0 Å². The Kier molecular flexibility index (Phi) is 5.92. The summed E-state index contributed by atoms with van der Waals surface area (Å²) in [6.07, 6.45) is 3.41. The summed E-state index contributed by atoms with van der Waals surface area (Å²) in [6.45, 7) is 7.98. The second-order valence-corrected chi connectivity index (χ2v) is 5.16. The van der Waals surface area contributed by atoms with E-state index < -0.39 is 0 Å². The zero-order chi connectivity index (χ0) is 12.8. The highest BCUT2D eigenvalue weighted by Gasteiger charge is 2.26. The molecule has 0 saturated carbocycles. The minimum atomic E-state index is -0.0475. The predicted molar refractivity (Wildman–Crippen MR) is 70.7 cm³/mol. The smallest absolute Gasteiger partial charge is 0.226 e. The van der Waals surface area contributed by atoms with Crippen LogP contribution in [0.25, 0.3) is 0 Å². The normalized spacial score (nSPS) is 20.2. The molecule has 1 aliphatic heterocycles. The number of carbonyl (C=O) groups is 1. The lowest BCUT2D eigenvalue weighted by Crippen LogP contribution is -2.47. The van der Waals surface area contributed by atoms with Gasteiger partial charge in [0.1, 0.15) is 0 Å². The second-order valence-electron chi connectivity index (χ2n) is 5.16. The van der Waals surface area contributed by atoms with Gasteiger partial charge in [-0.3, -0.25) is 4.79 Å². The Morgan fingerprint density at radius 3 is 2.53 bits per heavy atom. The summed E-state index contributed by atoms with van der Waals surface area (Å²) in [5, 5.41) is 0. The Hall–Kier alpha value is -0.610. The van der Waals surface area contributed by atoms with Gasteiger partial charge in [-0.2, -0.15) is 0 Å². The lowest BCUT2D eigenvalue weighted by atomic mass is 10.0. The molecule has 4 heteroatoms. The molecule has 2 N–H and O–H groups in total. The van der Waals surface area contributed by atoms with Crippen LogP contribution in [0, 0.1) is 5.92 Å². The van der Waals surface area contributed by atoms with Crippen LogP contribution in [0.1, 0.15) is 33.1 Å². The molecule has 1 aliphatic rings. The van der Waals surface area contributed by atoms with Crippen molar-refractivity contribution in [1.29, 1.82) is 0 Å². The van der Waals surface area contributed by atoms with Gasteiger partial charge in [-0.25, -0.2) is 0 Å². The first-order chi connectivity index (χ1) is 8.10. The van der Waals surface area contributed by atoms with Crippen molar-refractivity contribution in [3.05, 3.63) is 0 Å². The molecule has 1 saturated heterocycles. The van der Waals surface area contributed by atoms with Crippen LogP contribution >= 0.6 is 0 Å². The maximum Gasteiger partial charge on any atom is 0.226 e. The summed E-state index contributed by atoms with van der Waals surface area (Å²) >= 11 is 0. The Morgan fingerprint density at radius 2 is 2.06 bits per heavy atom. The van der Waals surface area contributed by atoms with Crippen LogP contribution in [0.4, 0.5) is 0 Å². The van der Waals surface area contributed by atoms with Gasteiger partial charge >= 0.3 is 0 Å². The van der Waals surface area contributed by atoms with Crippen LogP contribution in [-0.4, -0.2) is 55.0 Å². The SMILES string of the molecule is CCCN1CCC(N(C)C(=O)C(C)CN)CC1. The van der Waals surface area contributed by atoms with Crippen molar-refractivity contribution < 1.29 is 4.79 Å². The largest absolute Gasteiger partial charge is 0.342 e. The molecule has 1 atom stereocenters. The van der Waals surface area contributed by atoms with Crippen LogP contribution in [0.3, 0.4) is 0 Å². The maximum atomic E-state index is 12.0. The monoisotopic (exact) mass is 241 g/mol. The first-order valence-corrected chi connectivity index (χ1v) is 6.79. The van der Waals surface area contributed by atoms with Crippen molar-refractivity contribution >= 4 is 5.91 Å². The molecule has 17 heavy (non-hydrogen) atoms. The zero-order valence-electron chi connectivity index (χ0n) is 11.5. The van der Waals surface area contributed by atoms with Gasteiger partial charge in [0.05, 0.1) is 0 Å². The minimum absolute atomic E-state index is 0.0475. The summed E-state index contributed by atoms with van der Waals surface area (Å²) in [5.41, 5.74) is 5.55. The zero-order valence-corrected chi connectivity index (χ0v) is 11.5. The number of hydrogen-bond donors (Lipinski definition) is 1. The number of piperidine rings is 1. The third-order valence-corrected chi connectivity index (χ3v) is 3.77. The van der Waals surface area contributed by atoms with Crippen molar-refractivity contribution in [1.82, 2.24) is 9.80 Å². The van der Waals surface area contributed by atoms with E-state index in [-0.39, 0.29) is 11.8 Å². The fourth-order valence-electron chi connectivity index (χ4n) is 2.47. The van der Waals surface area contributed by atoms with E-state index in [1.165, 1.54) is 13.0 Å². The number of amides is 1. The predicted octanol–water partition coefficient (Wildman–Crippen LogP) is 0.914. The van der Waals surface area contributed by atoms with Crippen molar-refractivity contribution in [2.24, 2.45) is 11.7 Å². The lowest BCUT2D eigenvalue weighted by molar-refractivity contribution is -0.136. The quantitative estimate of drug-likeness (QED) is 0.778. The molecule has 1 unspecified atom stereocenters. The Morgan fingerprint density at radius 1 is 1.47 bits per heavy atom. The Balaban J connectivity index is 2.40. The molecular formula is C13H27N3O. The number of likely N-dealkylation sites (tertiary alicyclic amines) is 1. The van der Waals surface area contributed by atoms with Crippen molar-refractivity contribution in [2.75, 3.05) is 33.2 Å². The molecule has 0 radical (unpaired) electrons. The van der Waals surface area contributed by atoms with Crippen LogP contribution in [0.15, 0.2) is 0 Å². The molecule has 0 aromatic carbocycles. The van der Waals surface area contributed by atoms with E-state index in [1.807, 2.05) is 18.9 Å². The molecule has 0 aromatic rings. The molecule has 0 aliphatic carbocycles. The van der Waals surface area contributed by atoms with E-state index in [0.717, 1.165) is 25.9 Å². The number of hydrogen-bond acceptors (Lipinski definition) is 3. The van der Waals surface area contributed by atoms with Gasteiger partial charge in [0.2, 0.25) is 5.91 Å². The van der Waals surface area contributed by atoms with Gasteiger partial charge in [0.25, 0.3) is 0 Å². The second kappa shape index (κ2) is 6.97. The van der Waals surface area contributed by atoms with Gasteiger partial charge in [-0.15, -0.1) is 0 Å². The van der Waals surface area contributed by atoms with Crippen molar-refractivity contribution in [2.45, 2.75) is 39.2 Å². The summed E-state index contributed by atoms with van der Waals surface area (Å²) in [5.74, 6) is 0.148. The Labute approximate surface area is 105 Å². The minimum Gasteiger partial charge on any atom is -0.342 e. The fourth-order valence-corrected chi connectivity index (χ4v) is 2.47. The molecule has 0 spiro atoms. The first-order valence-electron chi connectivity index (χ1n) is 6.79. The highest BCUT2D eigenvalue weighted by atomic mass is 16.2. The molecule has 100 valence electrons. The Bertz CT molecular complexity index is 237. The topological polar surface area (TPSA) is 49.6 Å². The molecule has 0 bridgehead atoms. The van der Waals surface area contributed by atoms with E-state index in [1.54, 1.807) is 0 Å². The van der Waals surface area contributed by atoms with Gasteiger partial charge < -0.3 is 15.5 Å². The van der Waals surface area contributed by atoms with Gasteiger partial charge in [0, 0.05) is 38.6 Å². The molecule has 1 heterocycles. The average Bonchev–Trinajstić information content (AvgIpc) is 2.37. The number of rotatable bonds is 5. The first kappa shape index (κ1) is 14.5. The average molecular weight is 241 g/mol. The summed E-state index contributed by atoms with van der Waals surface area (Å²) in [6, 6.07) is 0.407. The number of nitrogens with two attached hydrogens (primary N) is 1. The van der Waals surface area contributed by atoms with Gasteiger partial charge in [-0.1, -0.05) is 13.8 Å². The number of nitrogens with zero attached hydrogens (tertiary/aromatic N) is 2. The highest BCUT2D eigenvalue weighted by molar-refractivity contribution is 5.78. The maximum absolute atomic E-state index is 12.0. The van der Waals surface area contributed by atoms with Crippen LogP contribution in [0.2, 0.25) is 0 Å². The molecule has 1 rings (SSSR count). The van der Waals surface area contributed by atoms with E-state index >= 15 is 0 Å². The molecule has 1 amide bonds. The van der Waals surface area contributed by atoms with E-state index in [2.05, 4.69) is 11.8 Å². The molecule has 0 aromatic heterocycles. The van der Waals surface area contributed by atoms with Crippen LogP contribution < -0.4 is 5.73 Å². The number of carbonyl (C=O) groups excluding carboxylic acids is 1.